The van der Waals surface area contributed by atoms with Crippen LogP contribution in [0.4, 0.5) is 13.2 Å². The highest BCUT2D eigenvalue weighted by Crippen LogP contribution is 2.66. The van der Waals surface area contributed by atoms with Gasteiger partial charge in [0.1, 0.15) is 6.10 Å². The van der Waals surface area contributed by atoms with Crippen molar-refractivity contribution in [2.75, 3.05) is 19.6 Å². The Morgan fingerprint density at radius 2 is 1.93 bits per heavy atom. The summed E-state index contributed by atoms with van der Waals surface area (Å²) in [4.78, 5) is 30.1. The lowest BCUT2D eigenvalue weighted by Gasteiger charge is -2.64. The standard InChI is InChI=1S/C35H39F3N2O5/c1-5-17-39-18-16-33-30-24-9-12-27(44-22(4)41)31(30)45-32(33)26(14-15-34(33,43)28(39)19-24)40(20-21(2)3)29(42)13-8-23-6-10-25(11-7-23)35(36,37)38/h5-13,21,26,28,32,43H,1,14-20H2,2-4H3/t26-,28-,32+,33+,34-/m1/s1. The molecule has 5 atom stereocenters. The van der Waals surface area contributed by atoms with Crippen molar-refractivity contribution in [2.24, 2.45) is 5.92 Å². The molecule has 1 spiro atoms. The van der Waals surface area contributed by atoms with E-state index in [0.717, 1.165) is 23.3 Å². The number of ether oxygens (including phenoxy) is 2. The number of rotatable bonds is 8. The van der Waals surface area contributed by atoms with Crippen LogP contribution in [0.2, 0.25) is 0 Å². The first kappa shape index (κ1) is 31.4. The molecular formula is C35H39F3N2O5. The fraction of sp³-hybridized carbons (Fsp3) is 0.486. The molecule has 0 aromatic heterocycles. The average molecular weight is 625 g/mol. The summed E-state index contributed by atoms with van der Waals surface area (Å²) in [5, 5.41) is 12.8. The number of likely N-dealkylation sites (tertiary alicyclic amines) is 1. The molecule has 2 aliphatic heterocycles. The number of benzene rings is 2. The van der Waals surface area contributed by atoms with Crippen LogP contribution in [0.15, 0.2) is 55.1 Å². The molecule has 2 fully saturated rings. The van der Waals surface area contributed by atoms with E-state index in [1.165, 1.54) is 31.2 Å². The fourth-order valence-electron chi connectivity index (χ4n) is 8.36. The lowest BCUT2D eigenvalue weighted by Crippen LogP contribution is -2.78. The van der Waals surface area contributed by atoms with Crippen molar-refractivity contribution in [1.82, 2.24) is 9.80 Å². The van der Waals surface area contributed by atoms with Crippen LogP contribution in [-0.4, -0.2) is 70.2 Å². The van der Waals surface area contributed by atoms with Gasteiger partial charge >= 0.3 is 12.1 Å². The number of esters is 1. The van der Waals surface area contributed by atoms with Gasteiger partial charge in [-0.15, -0.1) is 6.58 Å². The SMILES string of the molecule is C=CCN1CC[C@]23c4c5ccc(OC(C)=O)c4O[C@H]2[C@H](N(CC(C)C)C(=O)C=Cc2ccc(C(F)(F)F)cc2)CC[C@@]3(O)[C@H]1C5. The van der Waals surface area contributed by atoms with Crippen molar-refractivity contribution in [3.05, 3.63) is 77.4 Å². The summed E-state index contributed by atoms with van der Waals surface area (Å²) >= 11 is 0. The number of hydrogen-bond donors (Lipinski definition) is 1. The van der Waals surface area contributed by atoms with E-state index in [0.29, 0.717) is 62.4 Å². The molecule has 10 heteroatoms. The number of piperidine rings is 1. The second kappa shape index (κ2) is 11.3. The Labute approximate surface area is 261 Å². The van der Waals surface area contributed by atoms with E-state index in [9.17, 15) is 27.9 Å². The van der Waals surface area contributed by atoms with Crippen LogP contribution in [-0.2, 0) is 27.6 Å². The van der Waals surface area contributed by atoms with Gasteiger partial charge in [0.2, 0.25) is 5.91 Å². The zero-order valence-corrected chi connectivity index (χ0v) is 25.8. The predicted octanol–water partition coefficient (Wildman–Crippen LogP) is 5.54. The van der Waals surface area contributed by atoms with Crippen molar-refractivity contribution < 1.29 is 37.3 Å². The summed E-state index contributed by atoms with van der Waals surface area (Å²) in [6.07, 6.45) is 1.86. The minimum Gasteiger partial charge on any atom is -0.483 e. The lowest BCUT2D eigenvalue weighted by atomic mass is 9.48. The smallest absolute Gasteiger partial charge is 0.416 e. The summed E-state index contributed by atoms with van der Waals surface area (Å²) < 4.78 is 51.6. The zero-order valence-electron chi connectivity index (χ0n) is 25.8. The van der Waals surface area contributed by atoms with Crippen molar-refractivity contribution in [3.63, 3.8) is 0 Å². The summed E-state index contributed by atoms with van der Waals surface area (Å²) in [6.45, 7) is 11.1. The highest BCUT2D eigenvalue weighted by Gasteiger charge is 2.73. The molecule has 2 aliphatic carbocycles. The van der Waals surface area contributed by atoms with E-state index in [-0.39, 0.29) is 17.9 Å². The molecule has 4 aliphatic rings. The molecule has 6 rings (SSSR count). The van der Waals surface area contributed by atoms with E-state index in [1.54, 1.807) is 11.0 Å². The molecule has 1 saturated carbocycles. The van der Waals surface area contributed by atoms with Gasteiger partial charge < -0.3 is 19.5 Å². The first-order valence-electron chi connectivity index (χ1n) is 15.5. The Morgan fingerprint density at radius 3 is 2.58 bits per heavy atom. The van der Waals surface area contributed by atoms with Gasteiger partial charge in [-0.1, -0.05) is 38.1 Å². The maximum absolute atomic E-state index is 14.0. The lowest BCUT2D eigenvalue weighted by molar-refractivity contribution is -0.199. The van der Waals surface area contributed by atoms with Crippen LogP contribution >= 0.6 is 0 Å². The molecule has 1 saturated heterocycles. The number of alkyl halides is 3. The van der Waals surface area contributed by atoms with Crippen molar-refractivity contribution in [2.45, 2.75) is 81.8 Å². The van der Waals surface area contributed by atoms with Gasteiger partial charge in [0.15, 0.2) is 11.5 Å². The third-order valence-electron chi connectivity index (χ3n) is 10.0. The zero-order chi connectivity index (χ0) is 32.3. The number of hydrogen-bond acceptors (Lipinski definition) is 6. The molecule has 45 heavy (non-hydrogen) atoms. The molecule has 1 N–H and O–H groups in total. The second-order valence-corrected chi connectivity index (χ2v) is 13.2. The molecule has 0 unspecified atom stereocenters. The van der Waals surface area contributed by atoms with Gasteiger partial charge in [-0.05, 0) is 73.5 Å². The first-order chi connectivity index (χ1) is 21.3. The van der Waals surface area contributed by atoms with Crippen LogP contribution in [0.3, 0.4) is 0 Å². The van der Waals surface area contributed by atoms with Gasteiger partial charge in [0.05, 0.1) is 22.6 Å². The molecule has 2 aromatic rings. The van der Waals surface area contributed by atoms with E-state index in [4.69, 9.17) is 9.47 Å². The summed E-state index contributed by atoms with van der Waals surface area (Å²) in [5.41, 5.74) is -0.338. The van der Waals surface area contributed by atoms with Crippen LogP contribution in [0.1, 0.15) is 62.3 Å². The summed E-state index contributed by atoms with van der Waals surface area (Å²) in [7, 11) is 0. The number of amides is 1. The van der Waals surface area contributed by atoms with Crippen molar-refractivity contribution in [1.29, 1.82) is 0 Å². The van der Waals surface area contributed by atoms with Gasteiger partial charge in [-0.2, -0.15) is 13.2 Å². The molecule has 7 nitrogen and oxygen atoms in total. The van der Waals surface area contributed by atoms with Gasteiger partial charge in [0.25, 0.3) is 0 Å². The molecule has 2 bridgehead atoms. The fourth-order valence-corrected chi connectivity index (χ4v) is 8.36. The van der Waals surface area contributed by atoms with Crippen LogP contribution in [0, 0.1) is 5.92 Å². The van der Waals surface area contributed by atoms with Crippen LogP contribution in [0.25, 0.3) is 6.08 Å². The maximum atomic E-state index is 14.0. The predicted molar refractivity (Wildman–Crippen MR) is 163 cm³/mol. The molecule has 240 valence electrons. The third kappa shape index (κ3) is 5.06. The molecular weight excluding hydrogens is 585 g/mol. The molecule has 2 heterocycles. The Balaban J connectivity index is 1.40. The van der Waals surface area contributed by atoms with E-state index in [2.05, 4.69) is 11.5 Å². The minimum atomic E-state index is -4.44. The number of nitrogens with zero attached hydrogens (tertiary/aromatic N) is 2. The summed E-state index contributed by atoms with van der Waals surface area (Å²) in [5.74, 6) is 0.115. The van der Waals surface area contributed by atoms with Gasteiger partial charge in [-0.3, -0.25) is 14.5 Å². The number of aliphatic hydroxyl groups is 1. The third-order valence-corrected chi connectivity index (χ3v) is 10.0. The van der Waals surface area contributed by atoms with Crippen LogP contribution < -0.4 is 9.47 Å². The topological polar surface area (TPSA) is 79.3 Å². The molecule has 2 aromatic carbocycles. The van der Waals surface area contributed by atoms with Crippen molar-refractivity contribution in [3.8, 4) is 11.5 Å². The Morgan fingerprint density at radius 1 is 1.20 bits per heavy atom. The van der Waals surface area contributed by atoms with Crippen molar-refractivity contribution >= 4 is 18.0 Å². The Bertz CT molecular complexity index is 1540. The van der Waals surface area contributed by atoms with E-state index < -0.39 is 40.9 Å². The second-order valence-electron chi connectivity index (χ2n) is 13.2. The van der Waals surface area contributed by atoms with Gasteiger partial charge in [-0.25, -0.2) is 0 Å². The Hall–Kier alpha value is -3.63. The van der Waals surface area contributed by atoms with Gasteiger partial charge in [0, 0.05) is 37.7 Å². The highest BCUT2D eigenvalue weighted by molar-refractivity contribution is 5.92. The molecule has 1 amide bonds. The number of carbonyl (C=O) groups excluding carboxylic acids is 2. The summed E-state index contributed by atoms with van der Waals surface area (Å²) in [6, 6.07) is 7.80. The first-order valence-corrected chi connectivity index (χ1v) is 15.5. The van der Waals surface area contributed by atoms with E-state index in [1.807, 2.05) is 26.0 Å². The number of carbonyl (C=O) groups is 2. The highest BCUT2D eigenvalue weighted by atomic mass is 19.4. The normalized spacial score (nSPS) is 28.5. The largest absolute Gasteiger partial charge is 0.483 e. The Kier molecular flexibility index (Phi) is 7.88. The van der Waals surface area contributed by atoms with Crippen LogP contribution in [0.5, 0.6) is 11.5 Å². The molecule has 0 radical (unpaired) electrons. The average Bonchev–Trinajstić information content (AvgIpc) is 3.32. The monoisotopic (exact) mass is 624 g/mol. The quantitative estimate of drug-likeness (QED) is 0.180. The minimum absolute atomic E-state index is 0.108. The number of halogens is 3. The van der Waals surface area contributed by atoms with E-state index >= 15 is 0 Å². The maximum Gasteiger partial charge on any atom is 0.416 e.